The van der Waals surface area contributed by atoms with Gasteiger partial charge in [-0.3, -0.25) is 9.59 Å². The van der Waals surface area contributed by atoms with Gasteiger partial charge in [-0.2, -0.15) is 24.5 Å². The van der Waals surface area contributed by atoms with Gasteiger partial charge in [0.25, 0.3) is 5.91 Å². The fourth-order valence-electron chi connectivity index (χ4n) is 2.07. The van der Waals surface area contributed by atoms with Gasteiger partial charge in [0.1, 0.15) is 0 Å². The molecule has 0 aliphatic rings. The highest BCUT2D eigenvalue weighted by molar-refractivity contribution is 7.08. The van der Waals surface area contributed by atoms with Crippen molar-refractivity contribution in [3.05, 3.63) is 46.3 Å². The highest BCUT2D eigenvalue weighted by atomic mass is 32.1. The van der Waals surface area contributed by atoms with E-state index in [1.54, 1.807) is 22.9 Å². The van der Waals surface area contributed by atoms with Crippen LogP contribution in [-0.2, 0) is 11.3 Å². The molecule has 0 fully saturated rings. The Hall–Kier alpha value is -2.62. The van der Waals surface area contributed by atoms with Crippen LogP contribution in [0.15, 0.2) is 35.2 Å². The van der Waals surface area contributed by atoms with E-state index in [1.807, 2.05) is 0 Å². The van der Waals surface area contributed by atoms with E-state index < -0.39 is 12.8 Å². The molecule has 2 aromatic rings. The summed E-state index contributed by atoms with van der Waals surface area (Å²) in [6.45, 7) is -1.11. The Morgan fingerprint density at radius 3 is 2.74 bits per heavy atom. The molecule has 0 radical (unpaired) electrons. The molecule has 146 valence electrons. The van der Waals surface area contributed by atoms with E-state index in [2.05, 4.69) is 20.4 Å². The van der Waals surface area contributed by atoms with Crippen LogP contribution >= 0.6 is 11.3 Å². The summed E-state index contributed by atoms with van der Waals surface area (Å²) in [6.07, 6.45) is -2.55. The zero-order valence-corrected chi connectivity index (χ0v) is 15.0. The molecule has 0 spiro atoms. The molecule has 0 aliphatic carbocycles. The highest BCUT2D eigenvalue weighted by Crippen LogP contribution is 2.19. The number of aromatic nitrogens is 1. The van der Waals surface area contributed by atoms with Crippen molar-refractivity contribution in [2.45, 2.75) is 25.6 Å². The molecule has 0 aliphatic heterocycles. The van der Waals surface area contributed by atoms with E-state index in [-0.39, 0.29) is 30.7 Å². The third kappa shape index (κ3) is 7.65. The van der Waals surface area contributed by atoms with Gasteiger partial charge in [0.2, 0.25) is 11.8 Å². The molecule has 0 bridgehead atoms. The van der Waals surface area contributed by atoms with Gasteiger partial charge in [-0.15, -0.1) is 0 Å². The number of pyridine rings is 1. The number of carbonyl (C=O) groups excluding carboxylic acids is 2. The SMILES string of the molecule is O=C(CCCNC(=O)c1ccsc1)NCc1cccnc1OCC(F)(F)F. The molecule has 0 unspecified atom stereocenters. The summed E-state index contributed by atoms with van der Waals surface area (Å²) < 4.78 is 41.4. The summed E-state index contributed by atoms with van der Waals surface area (Å²) in [5, 5.41) is 8.84. The minimum absolute atomic E-state index is 0.00112. The van der Waals surface area contributed by atoms with Crippen LogP contribution in [-0.4, -0.2) is 36.1 Å². The first-order chi connectivity index (χ1) is 12.8. The van der Waals surface area contributed by atoms with Crippen LogP contribution in [0.3, 0.4) is 0 Å². The molecule has 0 saturated carbocycles. The number of hydrogen-bond acceptors (Lipinski definition) is 5. The molecular weight excluding hydrogens is 383 g/mol. The largest absolute Gasteiger partial charge is 0.468 e. The third-order valence-corrected chi connectivity index (χ3v) is 4.03. The maximum atomic E-state index is 12.3. The number of rotatable bonds is 9. The number of halogens is 3. The second-order valence-electron chi connectivity index (χ2n) is 5.52. The first-order valence-corrected chi connectivity index (χ1v) is 9.00. The van der Waals surface area contributed by atoms with Crippen LogP contribution in [0.25, 0.3) is 0 Å². The topological polar surface area (TPSA) is 80.3 Å². The molecule has 2 heterocycles. The van der Waals surface area contributed by atoms with Crippen LogP contribution in [0.5, 0.6) is 5.88 Å². The van der Waals surface area contributed by atoms with Crippen molar-refractivity contribution >= 4 is 23.2 Å². The lowest BCUT2D eigenvalue weighted by Crippen LogP contribution is -2.27. The number of hydrogen-bond donors (Lipinski definition) is 2. The molecule has 0 aromatic carbocycles. The number of thiophene rings is 1. The second-order valence-corrected chi connectivity index (χ2v) is 6.30. The Morgan fingerprint density at radius 1 is 1.22 bits per heavy atom. The smallest absolute Gasteiger partial charge is 0.422 e. The van der Waals surface area contributed by atoms with Crippen LogP contribution < -0.4 is 15.4 Å². The Kier molecular flexibility index (Phi) is 7.59. The van der Waals surface area contributed by atoms with Crippen molar-refractivity contribution in [2.24, 2.45) is 0 Å². The van der Waals surface area contributed by atoms with Crippen molar-refractivity contribution < 1.29 is 27.5 Å². The molecule has 10 heteroatoms. The van der Waals surface area contributed by atoms with Crippen LogP contribution in [0.1, 0.15) is 28.8 Å². The van der Waals surface area contributed by atoms with Crippen molar-refractivity contribution in [3.63, 3.8) is 0 Å². The van der Waals surface area contributed by atoms with Crippen LogP contribution in [0.4, 0.5) is 13.2 Å². The van der Waals surface area contributed by atoms with E-state index in [0.29, 0.717) is 24.1 Å². The monoisotopic (exact) mass is 401 g/mol. The lowest BCUT2D eigenvalue weighted by atomic mass is 10.2. The average molecular weight is 401 g/mol. The summed E-state index contributed by atoms with van der Waals surface area (Å²) in [5.74, 6) is -0.651. The van der Waals surface area contributed by atoms with Crippen LogP contribution in [0.2, 0.25) is 0 Å². The van der Waals surface area contributed by atoms with Gasteiger partial charge >= 0.3 is 6.18 Å². The van der Waals surface area contributed by atoms with Gasteiger partial charge in [-0.1, -0.05) is 6.07 Å². The lowest BCUT2D eigenvalue weighted by Gasteiger charge is -2.12. The molecule has 2 N–H and O–H groups in total. The fraction of sp³-hybridized carbons (Fsp3) is 0.353. The zero-order valence-electron chi connectivity index (χ0n) is 14.2. The van der Waals surface area contributed by atoms with Crippen molar-refractivity contribution in [1.29, 1.82) is 0 Å². The molecule has 0 saturated heterocycles. The summed E-state index contributed by atoms with van der Waals surface area (Å²) >= 11 is 1.42. The Balaban J connectivity index is 1.70. The minimum atomic E-state index is -4.47. The van der Waals surface area contributed by atoms with Crippen molar-refractivity contribution in [2.75, 3.05) is 13.2 Å². The predicted octanol–water partition coefficient (Wildman–Crippen LogP) is 2.91. The fourth-order valence-corrected chi connectivity index (χ4v) is 2.70. The van der Waals surface area contributed by atoms with Gasteiger partial charge in [0, 0.05) is 42.2 Å². The maximum absolute atomic E-state index is 12.3. The Bertz CT molecular complexity index is 751. The molecular formula is C17H18F3N3O3S. The number of nitrogens with one attached hydrogen (secondary N) is 2. The number of alkyl halides is 3. The molecule has 2 amide bonds. The van der Waals surface area contributed by atoms with Gasteiger partial charge in [0.05, 0.1) is 0 Å². The van der Waals surface area contributed by atoms with Gasteiger partial charge in [0.15, 0.2) is 6.61 Å². The molecule has 2 aromatic heterocycles. The number of amides is 2. The first-order valence-electron chi connectivity index (χ1n) is 8.05. The normalized spacial score (nSPS) is 11.1. The van der Waals surface area contributed by atoms with Crippen molar-refractivity contribution in [1.82, 2.24) is 15.6 Å². The lowest BCUT2D eigenvalue weighted by molar-refractivity contribution is -0.154. The summed E-state index contributed by atoms with van der Waals surface area (Å²) in [5.41, 5.74) is 0.924. The van der Waals surface area contributed by atoms with Crippen molar-refractivity contribution in [3.8, 4) is 5.88 Å². The van der Waals surface area contributed by atoms with E-state index in [0.717, 1.165) is 0 Å². The van der Waals surface area contributed by atoms with E-state index in [1.165, 1.54) is 23.6 Å². The van der Waals surface area contributed by atoms with E-state index >= 15 is 0 Å². The minimum Gasteiger partial charge on any atom is -0.468 e. The average Bonchev–Trinajstić information content (AvgIpc) is 3.16. The van der Waals surface area contributed by atoms with Gasteiger partial charge < -0.3 is 15.4 Å². The number of nitrogens with zero attached hydrogens (tertiary/aromatic N) is 1. The Labute approximate surface area is 157 Å². The maximum Gasteiger partial charge on any atom is 0.422 e. The van der Waals surface area contributed by atoms with Gasteiger partial charge in [-0.05, 0) is 23.9 Å². The summed E-state index contributed by atoms with van der Waals surface area (Å²) in [6, 6.07) is 4.78. The molecule has 6 nitrogen and oxygen atoms in total. The van der Waals surface area contributed by atoms with E-state index in [4.69, 9.17) is 0 Å². The molecule has 27 heavy (non-hydrogen) atoms. The first kappa shape index (κ1) is 20.7. The molecule has 2 rings (SSSR count). The van der Waals surface area contributed by atoms with Gasteiger partial charge in [-0.25, -0.2) is 4.98 Å². The standard InChI is InChI=1S/C17H18F3N3O3S/c18-17(19,20)11-26-16-12(3-1-7-22-16)9-23-14(24)4-2-6-21-15(25)13-5-8-27-10-13/h1,3,5,7-8,10H,2,4,6,9,11H2,(H,21,25)(H,23,24). The summed E-state index contributed by atoms with van der Waals surface area (Å²) in [7, 11) is 0. The highest BCUT2D eigenvalue weighted by Gasteiger charge is 2.29. The summed E-state index contributed by atoms with van der Waals surface area (Å²) in [4.78, 5) is 27.3. The van der Waals surface area contributed by atoms with Crippen LogP contribution in [0, 0.1) is 0 Å². The second kappa shape index (κ2) is 9.91. The van der Waals surface area contributed by atoms with E-state index in [9.17, 15) is 22.8 Å². The molecule has 0 atom stereocenters. The third-order valence-electron chi connectivity index (χ3n) is 3.35. The predicted molar refractivity (Wildman–Crippen MR) is 93.5 cm³/mol. The number of ether oxygens (including phenoxy) is 1. The number of carbonyl (C=O) groups is 2. The zero-order chi connectivity index (χ0) is 19.7. The quantitative estimate of drug-likeness (QED) is 0.633. The Morgan fingerprint density at radius 2 is 2.04 bits per heavy atom.